The first-order valence-electron chi connectivity index (χ1n) is 3.40. The van der Waals surface area contributed by atoms with Gasteiger partial charge in [0.2, 0.25) is 0 Å². The van der Waals surface area contributed by atoms with E-state index in [2.05, 4.69) is 0 Å². The van der Waals surface area contributed by atoms with Gasteiger partial charge in [-0.25, -0.2) is 8.78 Å². The van der Waals surface area contributed by atoms with Gasteiger partial charge >= 0.3 is 0 Å². The number of hydrogen-bond donors (Lipinski definition) is 1. The van der Waals surface area contributed by atoms with Gasteiger partial charge in [0.05, 0.1) is 5.88 Å². The molecule has 0 aliphatic rings. The predicted molar refractivity (Wildman–Crippen MR) is 45.8 cm³/mol. The molecule has 5 heteroatoms. The molecule has 0 unspecified atom stereocenters. The lowest BCUT2D eigenvalue weighted by atomic mass is 10.1. The summed E-state index contributed by atoms with van der Waals surface area (Å²) >= 11 is 5.23. The molecule has 0 saturated heterocycles. The highest BCUT2D eigenvalue weighted by Gasteiger charge is 2.12. The Kier molecular flexibility index (Phi) is 2.83. The van der Waals surface area contributed by atoms with Crippen molar-refractivity contribution in [3.05, 3.63) is 29.3 Å². The highest BCUT2D eigenvalue weighted by Crippen LogP contribution is 2.17. The predicted octanol–water partition coefficient (Wildman–Crippen LogP) is 1.97. The van der Waals surface area contributed by atoms with Crippen LogP contribution in [0.1, 0.15) is 10.4 Å². The lowest BCUT2D eigenvalue weighted by molar-refractivity contribution is 0.102. The Balaban J connectivity index is 3.23. The van der Waals surface area contributed by atoms with Crippen molar-refractivity contribution < 1.29 is 13.6 Å². The molecule has 2 N–H and O–H groups in total. The second kappa shape index (κ2) is 3.70. The summed E-state index contributed by atoms with van der Waals surface area (Å²) in [4.78, 5) is 11.0. The quantitative estimate of drug-likeness (QED) is 0.456. The number of Topliss-reactive ketones (excluding diaryl/α,β-unsaturated/α-hetero) is 1. The zero-order valence-corrected chi connectivity index (χ0v) is 7.24. The highest BCUT2D eigenvalue weighted by atomic mass is 35.5. The molecule has 0 spiro atoms. The second-order valence-electron chi connectivity index (χ2n) is 2.41. The number of carbonyl (C=O) groups excluding carboxylic acids is 1. The Morgan fingerprint density at radius 1 is 1.38 bits per heavy atom. The topological polar surface area (TPSA) is 43.1 Å². The van der Waals surface area contributed by atoms with E-state index in [4.69, 9.17) is 17.3 Å². The van der Waals surface area contributed by atoms with Crippen molar-refractivity contribution in [2.75, 3.05) is 11.6 Å². The van der Waals surface area contributed by atoms with Crippen molar-refractivity contribution in [1.82, 2.24) is 0 Å². The number of alkyl halides is 1. The molecule has 2 nitrogen and oxygen atoms in total. The molecule has 0 bridgehead atoms. The van der Waals surface area contributed by atoms with E-state index < -0.39 is 17.4 Å². The van der Waals surface area contributed by atoms with Crippen LogP contribution in [0.25, 0.3) is 0 Å². The molecular formula is C8H6ClF2NO. The van der Waals surface area contributed by atoms with E-state index >= 15 is 0 Å². The van der Waals surface area contributed by atoms with Crippen molar-refractivity contribution in [2.24, 2.45) is 0 Å². The summed E-state index contributed by atoms with van der Waals surface area (Å²) in [6.07, 6.45) is 0. The fraction of sp³-hybridized carbons (Fsp3) is 0.125. The van der Waals surface area contributed by atoms with Crippen molar-refractivity contribution in [2.45, 2.75) is 0 Å². The largest absolute Gasteiger partial charge is 0.398 e. The molecule has 13 heavy (non-hydrogen) atoms. The maximum Gasteiger partial charge on any atom is 0.179 e. The van der Waals surface area contributed by atoms with E-state index in [0.717, 1.165) is 12.1 Å². The van der Waals surface area contributed by atoms with Crippen molar-refractivity contribution >= 4 is 23.1 Å². The van der Waals surface area contributed by atoms with Crippen LogP contribution < -0.4 is 5.73 Å². The van der Waals surface area contributed by atoms with E-state index in [1.165, 1.54) is 0 Å². The van der Waals surface area contributed by atoms with Gasteiger partial charge in [-0.3, -0.25) is 4.79 Å². The molecule has 0 fully saturated rings. The summed E-state index contributed by atoms with van der Waals surface area (Å²) < 4.78 is 25.2. The maximum absolute atomic E-state index is 12.6. The molecule has 0 radical (unpaired) electrons. The van der Waals surface area contributed by atoms with Crippen LogP contribution in [-0.4, -0.2) is 11.7 Å². The van der Waals surface area contributed by atoms with Gasteiger partial charge in [0.25, 0.3) is 0 Å². The molecule has 0 atom stereocenters. The molecular weight excluding hydrogens is 200 g/mol. The minimum absolute atomic E-state index is 0.0890. The molecule has 1 rings (SSSR count). The molecule has 0 aliphatic heterocycles. The summed E-state index contributed by atoms with van der Waals surface area (Å²) in [7, 11) is 0. The van der Waals surface area contributed by atoms with Crippen LogP contribution in [0.15, 0.2) is 12.1 Å². The first-order valence-corrected chi connectivity index (χ1v) is 3.93. The molecule has 0 aromatic heterocycles. The first kappa shape index (κ1) is 9.92. The van der Waals surface area contributed by atoms with Gasteiger partial charge in [0.1, 0.15) is 0 Å². The maximum atomic E-state index is 12.6. The van der Waals surface area contributed by atoms with Gasteiger partial charge in [-0.15, -0.1) is 11.6 Å². The lowest BCUT2D eigenvalue weighted by Gasteiger charge is -2.02. The first-order chi connectivity index (χ1) is 6.06. The summed E-state index contributed by atoms with van der Waals surface area (Å²) in [6.45, 7) is 0. The van der Waals surface area contributed by atoms with E-state index in [-0.39, 0.29) is 17.1 Å². The number of rotatable bonds is 2. The molecule has 1 aromatic rings. The van der Waals surface area contributed by atoms with Crippen LogP contribution in [0.2, 0.25) is 0 Å². The number of anilines is 1. The van der Waals surface area contributed by atoms with Gasteiger partial charge < -0.3 is 5.73 Å². The number of nitrogens with two attached hydrogens (primary N) is 1. The summed E-state index contributed by atoms with van der Waals surface area (Å²) in [5.41, 5.74) is 5.08. The molecule has 0 heterocycles. The Hall–Kier alpha value is -1.16. The minimum Gasteiger partial charge on any atom is -0.398 e. The minimum atomic E-state index is -1.11. The van der Waals surface area contributed by atoms with E-state index in [1.54, 1.807) is 0 Å². The lowest BCUT2D eigenvalue weighted by Crippen LogP contribution is -2.06. The van der Waals surface area contributed by atoms with E-state index in [0.29, 0.717) is 0 Å². The average molecular weight is 206 g/mol. The molecule has 0 saturated carbocycles. The number of halogens is 3. The number of nitrogen functional groups attached to an aromatic ring is 1. The number of ketones is 1. The van der Waals surface area contributed by atoms with Crippen LogP contribution in [0.4, 0.5) is 14.5 Å². The van der Waals surface area contributed by atoms with Gasteiger partial charge in [0.15, 0.2) is 17.4 Å². The van der Waals surface area contributed by atoms with Crippen LogP contribution in [0.3, 0.4) is 0 Å². The molecule has 70 valence electrons. The van der Waals surface area contributed by atoms with Crippen LogP contribution in [0, 0.1) is 11.6 Å². The zero-order valence-electron chi connectivity index (χ0n) is 6.48. The summed E-state index contributed by atoms with van der Waals surface area (Å²) in [5.74, 6) is -3.03. The number of hydrogen-bond acceptors (Lipinski definition) is 2. The molecule has 0 amide bonds. The third-order valence-corrected chi connectivity index (χ3v) is 1.76. The van der Waals surface area contributed by atoms with Gasteiger partial charge in [-0.2, -0.15) is 0 Å². The Morgan fingerprint density at radius 2 is 1.92 bits per heavy atom. The number of carbonyl (C=O) groups is 1. The standard InChI is InChI=1S/C8H6ClF2NO/c9-3-8(13)4-1-5(10)6(11)2-7(4)12/h1-2H,3,12H2. The molecule has 1 aromatic carbocycles. The molecule has 0 aliphatic carbocycles. The van der Waals surface area contributed by atoms with E-state index in [1.807, 2.05) is 0 Å². The highest BCUT2D eigenvalue weighted by molar-refractivity contribution is 6.31. The van der Waals surface area contributed by atoms with Gasteiger partial charge in [-0.05, 0) is 6.07 Å². The monoisotopic (exact) mass is 205 g/mol. The van der Waals surface area contributed by atoms with Gasteiger partial charge in [0, 0.05) is 17.3 Å². The fourth-order valence-electron chi connectivity index (χ4n) is 0.876. The normalized spacial score (nSPS) is 10.1. The second-order valence-corrected chi connectivity index (χ2v) is 2.68. The van der Waals surface area contributed by atoms with Crippen LogP contribution in [-0.2, 0) is 0 Å². The van der Waals surface area contributed by atoms with Crippen molar-refractivity contribution in [3.63, 3.8) is 0 Å². The Morgan fingerprint density at radius 3 is 2.46 bits per heavy atom. The van der Waals surface area contributed by atoms with Crippen LogP contribution in [0.5, 0.6) is 0 Å². The van der Waals surface area contributed by atoms with Crippen LogP contribution >= 0.6 is 11.6 Å². The van der Waals surface area contributed by atoms with E-state index in [9.17, 15) is 13.6 Å². The summed E-state index contributed by atoms with van der Waals surface area (Å²) in [6, 6.07) is 1.50. The summed E-state index contributed by atoms with van der Waals surface area (Å²) in [5, 5.41) is 0. The average Bonchev–Trinajstić information content (AvgIpc) is 2.10. The Bertz CT molecular complexity index is 354. The number of benzene rings is 1. The zero-order chi connectivity index (χ0) is 10.0. The smallest absolute Gasteiger partial charge is 0.179 e. The fourth-order valence-corrected chi connectivity index (χ4v) is 1.02. The van der Waals surface area contributed by atoms with Crippen molar-refractivity contribution in [1.29, 1.82) is 0 Å². The third kappa shape index (κ3) is 1.95. The Labute approximate surface area is 78.3 Å². The van der Waals surface area contributed by atoms with Crippen molar-refractivity contribution in [3.8, 4) is 0 Å². The van der Waals surface area contributed by atoms with Gasteiger partial charge in [-0.1, -0.05) is 0 Å². The SMILES string of the molecule is Nc1cc(F)c(F)cc1C(=O)CCl. The third-order valence-electron chi connectivity index (χ3n) is 1.51.